The molecule has 1 aliphatic rings. The van der Waals surface area contributed by atoms with E-state index in [1.54, 1.807) is 19.2 Å². The first-order chi connectivity index (χ1) is 9.67. The van der Waals surface area contributed by atoms with Crippen molar-refractivity contribution in [2.24, 2.45) is 0 Å². The first-order valence-electron chi connectivity index (χ1n) is 6.38. The number of carbonyl (C=O) groups is 1. The summed E-state index contributed by atoms with van der Waals surface area (Å²) in [6.45, 7) is 1.63. The molecule has 20 heavy (non-hydrogen) atoms. The van der Waals surface area contributed by atoms with Crippen LogP contribution >= 0.6 is 0 Å². The summed E-state index contributed by atoms with van der Waals surface area (Å²) in [6.07, 6.45) is 0. The number of nitriles is 1. The lowest BCUT2D eigenvalue weighted by Gasteiger charge is -2.34. The molecule has 0 radical (unpaired) electrons. The molecule has 1 saturated heterocycles. The third-order valence-electron chi connectivity index (χ3n) is 3.36. The summed E-state index contributed by atoms with van der Waals surface area (Å²) in [7, 11) is 1.56. The number of hydrogen-bond donors (Lipinski definition) is 1. The van der Waals surface area contributed by atoms with Gasteiger partial charge in [0.15, 0.2) is 0 Å². The number of halogens is 1. The number of likely N-dealkylation sites (N-methyl/N-ethyl adjacent to an activating group) is 1. The lowest BCUT2D eigenvalue weighted by Crippen LogP contribution is -2.52. The van der Waals surface area contributed by atoms with Crippen molar-refractivity contribution in [3.8, 4) is 6.07 Å². The van der Waals surface area contributed by atoms with E-state index in [4.69, 9.17) is 10.00 Å². The molecule has 1 aromatic rings. The Morgan fingerprint density at radius 1 is 1.65 bits per heavy atom. The monoisotopic (exact) mass is 277 g/mol. The maximum atomic E-state index is 14.1. The van der Waals surface area contributed by atoms with Crippen LogP contribution in [0.2, 0.25) is 0 Å². The van der Waals surface area contributed by atoms with Crippen LogP contribution < -0.4 is 5.32 Å². The van der Waals surface area contributed by atoms with Crippen molar-refractivity contribution in [3.63, 3.8) is 0 Å². The van der Waals surface area contributed by atoms with Gasteiger partial charge in [-0.3, -0.25) is 9.69 Å². The van der Waals surface area contributed by atoms with E-state index in [2.05, 4.69) is 5.32 Å². The standard InChI is InChI=1S/C14H16FN3O2/c1-17-14(19)12-9-20-6-5-18(12)8-11-4-2-3-10(7-16)13(11)15/h2-4,12H,5-6,8-9H2,1H3,(H,17,19). The SMILES string of the molecule is CNC(=O)C1COCCN1Cc1cccc(C#N)c1F. The van der Waals surface area contributed by atoms with Crippen LogP contribution in [0.3, 0.4) is 0 Å². The second-order valence-corrected chi connectivity index (χ2v) is 4.57. The Morgan fingerprint density at radius 2 is 2.45 bits per heavy atom. The zero-order chi connectivity index (χ0) is 14.5. The van der Waals surface area contributed by atoms with Gasteiger partial charge in [-0.2, -0.15) is 5.26 Å². The molecule has 1 amide bonds. The van der Waals surface area contributed by atoms with E-state index in [9.17, 15) is 9.18 Å². The third kappa shape index (κ3) is 2.95. The third-order valence-corrected chi connectivity index (χ3v) is 3.36. The topological polar surface area (TPSA) is 65.4 Å². The van der Waals surface area contributed by atoms with Gasteiger partial charge < -0.3 is 10.1 Å². The molecule has 6 heteroatoms. The number of rotatable bonds is 3. The van der Waals surface area contributed by atoms with E-state index >= 15 is 0 Å². The Morgan fingerprint density at radius 3 is 3.15 bits per heavy atom. The van der Waals surface area contributed by atoms with Gasteiger partial charge in [-0.05, 0) is 6.07 Å². The summed E-state index contributed by atoms with van der Waals surface area (Å²) in [6, 6.07) is 6.10. The van der Waals surface area contributed by atoms with Crippen molar-refractivity contribution in [2.45, 2.75) is 12.6 Å². The van der Waals surface area contributed by atoms with E-state index in [-0.39, 0.29) is 18.0 Å². The van der Waals surface area contributed by atoms with Gasteiger partial charge in [-0.1, -0.05) is 12.1 Å². The van der Waals surface area contributed by atoms with Crippen LogP contribution in [-0.4, -0.2) is 43.7 Å². The normalized spacial score (nSPS) is 19.4. The van der Waals surface area contributed by atoms with Crippen LogP contribution in [0.25, 0.3) is 0 Å². The first-order valence-corrected chi connectivity index (χ1v) is 6.38. The highest BCUT2D eigenvalue weighted by Crippen LogP contribution is 2.17. The van der Waals surface area contributed by atoms with Crippen LogP contribution in [0.15, 0.2) is 18.2 Å². The maximum Gasteiger partial charge on any atom is 0.239 e. The maximum absolute atomic E-state index is 14.1. The van der Waals surface area contributed by atoms with Gasteiger partial charge in [0.05, 0.1) is 18.8 Å². The summed E-state index contributed by atoms with van der Waals surface area (Å²) >= 11 is 0. The zero-order valence-corrected chi connectivity index (χ0v) is 11.2. The summed E-state index contributed by atoms with van der Waals surface area (Å²) in [5, 5.41) is 11.4. The van der Waals surface area contributed by atoms with Gasteiger partial charge in [-0.25, -0.2) is 4.39 Å². The van der Waals surface area contributed by atoms with Gasteiger partial charge in [0.25, 0.3) is 0 Å². The number of carbonyl (C=O) groups excluding carboxylic acids is 1. The summed E-state index contributed by atoms with van der Waals surface area (Å²) in [5.74, 6) is -0.668. The lowest BCUT2D eigenvalue weighted by atomic mass is 10.1. The molecule has 1 fully saturated rings. The Labute approximate surface area is 116 Å². The van der Waals surface area contributed by atoms with E-state index in [0.717, 1.165) is 0 Å². The molecular weight excluding hydrogens is 261 g/mol. The predicted octanol–water partition coefficient (Wildman–Crippen LogP) is 0.644. The van der Waals surface area contributed by atoms with Crippen molar-refractivity contribution in [1.29, 1.82) is 5.26 Å². The lowest BCUT2D eigenvalue weighted by molar-refractivity contribution is -0.132. The average molecular weight is 277 g/mol. The minimum Gasteiger partial charge on any atom is -0.378 e. The van der Waals surface area contributed by atoms with E-state index in [1.165, 1.54) is 6.07 Å². The molecule has 1 N–H and O–H groups in total. The fraction of sp³-hybridized carbons (Fsp3) is 0.429. The van der Waals surface area contributed by atoms with Crippen molar-refractivity contribution >= 4 is 5.91 Å². The van der Waals surface area contributed by atoms with Gasteiger partial charge in [0, 0.05) is 25.7 Å². The van der Waals surface area contributed by atoms with Gasteiger partial charge in [0.2, 0.25) is 5.91 Å². The summed E-state index contributed by atoms with van der Waals surface area (Å²) in [5.41, 5.74) is 0.437. The summed E-state index contributed by atoms with van der Waals surface area (Å²) < 4.78 is 19.4. The van der Waals surface area contributed by atoms with E-state index in [1.807, 2.05) is 11.0 Å². The molecule has 1 aromatic carbocycles. The van der Waals surface area contributed by atoms with Crippen LogP contribution in [0, 0.1) is 17.1 Å². The number of hydrogen-bond acceptors (Lipinski definition) is 4. The predicted molar refractivity (Wildman–Crippen MR) is 70.2 cm³/mol. The minimum atomic E-state index is -0.517. The van der Waals surface area contributed by atoms with Crippen LogP contribution in [-0.2, 0) is 16.1 Å². The molecular formula is C14H16FN3O2. The van der Waals surface area contributed by atoms with Gasteiger partial charge in [-0.15, -0.1) is 0 Å². The molecule has 106 valence electrons. The molecule has 5 nitrogen and oxygen atoms in total. The molecule has 2 rings (SSSR count). The molecule has 1 aliphatic heterocycles. The van der Waals surface area contributed by atoms with Crippen LogP contribution in [0.1, 0.15) is 11.1 Å². The van der Waals surface area contributed by atoms with Crippen molar-refractivity contribution in [1.82, 2.24) is 10.2 Å². The molecule has 1 unspecified atom stereocenters. The number of nitrogens with zero attached hydrogens (tertiary/aromatic N) is 2. The molecule has 0 saturated carbocycles. The Hall–Kier alpha value is -1.97. The zero-order valence-electron chi connectivity index (χ0n) is 11.2. The highest BCUT2D eigenvalue weighted by atomic mass is 19.1. The highest BCUT2D eigenvalue weighted by molar-refractivity contribution is 5.81. The van der Waals surface area contributed by atoms with Crippen LogP contribution in [0.5, 0.6) is 0 Å². The van der Waals surface area contributed by atoms with Gasteiger partial charge in [0.1, 0.15) is 17.9 Å². The number of ether oxygens (including phenoxy) is 1. The van der Waals surface area contributed by atoms with Crippen molar-refractivity contribution in [3.05, 3.63) is 35.1 Å². The fourth-order valence-electron chi connectivity index (χ4n) is 2.24. The second-order valence-electron chi connectivity index (χ2n) is 4.57. The summed E-state index contributed by atoms with van der Waals surface area (Å²) in [4.78, 5) is 13.7. The number of morpholine rings is 1. The quantitative estimate of drug-likeness (QED) is 0.880. The molecule has 0 aromatic heterocycles. The Kier molecular flexibility index (Phi) is 4.66. The van der Waals surface area contributed by atoms with Gasteiger partial charge >= 0.3 is 0 Å². The Balaban J connectivity index is 2.19. The highest BCUT2D eigenvalue weighted by Gasteiger charge is 2.29. The van der Waals surface area contributed by atoms with E-state index in [0.29, 0.717) is 25.3 Å². The molecule has 1 atom stereocenters. The molecule has 1 heterocycles. The number of amides is 1. The first kappa shape index (κ1) is 14.4. The number of nitrogens with one attached hydrogen (secondary N) is 1. The Bertz CT molecular complexity index is 542. The largest absolute Gasteiger partial charge is 0.378 e. The molecule has 0 spiro atoms. The fourth-order valence-corrected chi connectivity index (χ4v) is 2.24. The van der Waals surface area contributed by atoms with Crippen molar-refractivity contribution < 1.29 is 13.9 Å². The minimum absolute atomic E-state index is 0.0206. The molecule has 0 aliphatic carbocycles. The molecule has 0 bridgehead atoms. The number of benzene rings is 1. The average Bonchev–Trinajstić information content (AvgIpc) is 2.49. The van der Waals surface area contributed by atoms with E-state index < -0.39 is 11.9 Å². The second kappa shape index (κ2) is 6.46. The smallest absolute Gasteiger partial charge is 0.239 e. The van der Waals surface area contributed by atoms with Crippen molar-refractivity contribution in [2.75, 3.05) is 26.8 Å². The van der Waals surface area contributed by atoms with Crippen LogP contribution in [0.4, 0.5) is 4.39 Å².